The van der Waals surface area contributed by atoms with Crippen molar-refractivity contribution in [2.45, 2.75) is 19.4 Å². The minimum Gasteiger partial charge on any atom is -0.390 e. The lowest BCUT2D eigenvalue weighted by molar-refractivity contribution is 0.215. The van der Waals surface area contributed by atoms with Gasteiger partial charge in [-0.05, 0) is 46.6 Å². The van der Waals surface area contributed by atoms with E-state index in [4.69, 9.17) is 10.3 Å². The number of nitrogens with zero attached hydrogens (tertiary/aromatic N) is 4. The average Bonchev–Trinajstić information content (AvgIpc) is 2.98. The largest absolute Gasteiger partial charge is 0.390 e. The first-order valence-electron chi connectivity index (χ1n) is 7.13. The number of nitrogens with two attached hydrogens (primary N) is 1. The SMILES string of the molecule is Cc1cc(-c2nc(C3CN(C)CCCN3C)no2)c(N)s1. The summed E-state index contributed by atoms with van der Waals surface area (Å²) in [6.07, 6.45) is 1.16. The summed E-state index contributed by atoms with van der Waals surface area (Å²) in [5, 5.41) is 4.92. The van der Waals surface area contributed by atoms with Crippen LogP contribution >= 0.6 is 11.3 Å². The van der Waals surface area contributed by atoms with Crippen LogP contribution in [0.3, 0.4) is 0 Å². The summed E-state index contributed by atoms with van der Waals surface area (Å²) in [7, 11) is 4.25. The topological polar surface area (TPSA) is 71.4 Å². The molecule has 2 aromatic heterocycles. The van der Waals surface area contributed by atoms with Gasteiger partial charge in [-0.25, -0.2) is 0 Å². The molecule has 0 radical (unpaired) electrons. The van der Waals surface area contributed by atoms with E-state index >= 15 is 0 Å². The number of hydrogen-bond acceptors (Lipinski definition) is 7. The van der Waals surface area contributed by atoms with Crippen LogP contribution in [0.25, 0.3) is 11.5 Å². The fraction of sp³-hybridized carbons (Fsp3) is 0.571. The predicted molar refractivity (Wildman–Crippen MR) is 84.2 cm³/mol. The van der Waals surface area contributed by atoms with Crippen LogP contribution in [0, 0.1) is 6.92 Å². The van der Waals surface area contributed by atoms with Gasteiger partial charge >= 0.3 is 0 Å². The molecule has 2 aromatic rings. The van der Waals surface area contributed by atoms with Crippen molar-refractivity contribution in [1.29, 1.82) is 0 Å². The van der Waals surface area contributed by atoms with E-state index in [1.165, 1.54) is 0 Å². The Morgan fingerprint density at radius 3 is 2.90 bits per heavy atom. The third kappa shape index (κ3) is 2.95. The van der Waals surface area contributed by atoms with Gasteiger partial charge in [-0.3, -0.25) is 4.90 Å². The van der Waals surface area contributed by atoms with Gasteiger partial charge in [0, 0.05) is 11.4 Å². The van der Waals surface area contributed by atoms with Gasteiger partial charge in [-0.15, -0.1) is 11.3 Å². The lowest BCUT2D eigenvalue weighted by Crippen LogP contribution is -2.31. The van der Waals surface area contributed by atoms with Crippen molar-refractivity contribution in [2.24, 2.45) is 0 Å². The second-order valence-corrected chi connectivity index (χ2v) is 6.99. The highest BCUT2D eigenvalue weighted by Gasteiger charge is 2.27. The molecule has 2 N–H and O–H groups in total. The van der Waals surface area contributed by atoms with Crippen molar-refractivity contribution in [3.63, 3.8) is 0 Å². The third-order valence-corrected chi connectivity index (χ3v) is 4.80. The molecule has 3 heterocycles. The van der Waals surface area contributed by atoms with Crippen LogP contribution in [-0.4, -0.2) is 53.7 Å². The summed E-state index contributed by atoms with van der Waals surface area (Å²) in [4.78, 5) is 10.3. The molecule has 1 fully saturated rings. The first-order valence-corrected chi connectivity index (χ1v) is 7.95. The first kappa shape index (κ1) is 14.5. The Bertz CT molecular complexity index is 623. The zero-order valence-electron chi connectivity index (χ0n) is 12.7. The van der Waals surface area contributed by atoms with E-state index in [0.29, 0.717) is 5.89 Å². The molecule has 0 aromatic carbocycles. The van der Waals surface area contributed by atoms with E-state index in [0.717, 1.165) is 47.3 Å². The Balaban J connectivity index is 1.88. The molecule has 1 atom stereocenters. The van der Waals surface area contributed by atoms with Crippen LogP contribution < -0.4 is 5.73 Å². The van der Waals surface area contributed by atoms with Gasteiger partial charge in [0.1, 0.15) is 0 Å². The smallest absolute Gasteiger partial charge is 0.260 e. The van der Waals surface area contributed by atoms with E-state index in [1.54, 1.807) is 11.3 Å². The molecule has 1 saturated heterocycles. The van der Waals surface area contributed by atoms with Gasteiger partial charge in [0.15, 0.2) is 5.82 Å². The maximum Gasteiger partial charge on any atom is 0.260 e. The zero-order valence-corrected chi connectivity index (χ0v) is 13.5. The van der Waals surface area contributed by atoms with Crippen LogP contribution in [-0.2, 0) is 0 Å². The molecule has 0 bridgehead atoms. The highest BCUT2D eigenvalue weighted by molar-refractivity contribution is 7.16. The molecular weight excluding hydrogens is 286 g/mol. The molecule has 6 nitrogen and oxygen atoms in total. The van der Waals surface area contributed by atoms with Gasteiger partial charge in [-0.2, -0.15) is 4.98 Å². The van der Waals surface area contributed by atoms with E-state index in [2.05, 4.69) is 34.0 Å². The third-order valence-electron chi connectivity index (χ3n) is 3.92. The number of anilines is 1. The maximum atomic E-state index is 6.01. The number of likely N-dealkylation sites (N-methyl/N-ethyl adjacent to an activating group) is 2. The zero-order chi connectivity index (χ0) is 15.0. The average molecular weight is 307 g/mol. The molecule has 0 amide bonds. The number of rotatable bonds is 2. The Labute approximate surface area is 128 Å². The summed E-state index contributed by atoms with van der Waals surface area (Å²) < 4.78 is 5.44. The second kappa shape index (κ2) is 5.75. The van der Waals surface area contributed by atoms with Gasteiger partial charge in [0.05, 0.1) is 16.6 Å². The lowest BCUT2D eigenvalue weighted by Gasteiger charge is -2.24. The quantitative estimate of drug-likeness (QED) is 0.915. The Hall–Kier alpha value is -1.44. The van der Waals surface area contributed by atoms with Crippen molar-refractivity contribution in [3.05, 3.63) is 16.8 Å². The van der Waals surface area contributed by atoms with Gasteiger partial charge in [-0.1, -0.05) is 5.16 Å². The molecule has 7 heteroatoms. The number of thiophene rings is 1. The normalized spacial score (nSPS) is 21.6. The molecule has 0 spiro atoms. The lowest BCUT2D eigenvalue weighted by atomic mass is 10.2. The molecule has 3 rings (SSSR count). The van der Waals surface area contributed by atoms with Crippen molar-refractivity contribution in [1.82, 2.24) is 19.9 Å². The highest BCUT2D eigenvalue weighted by atomic mass is 32.1. The van der Waals surface area contributed by atoms with Crippen molar-refractivity contribution < 1.29 is 4.52 Å². The minimum atomic E-state index is 0.163. The number of hydrogen-bond donors (Lipinski definition) is 1. The summed E-state index contributed by atoms with van der Waals surface area (Å²) in [5.41, 5.74) is 6.86. The molecule has 0 saturated carbocycles. The number of aromatic nitrogens is 2. The van der Waals surface area contributed by atoms with Crippen LogP contribution in [0.1, 0.15) is 23.2 Å². The van der Waals surface area contributed by atoms with Gasteiger partial charge in [0.2, 0.25) is 0 Å². The van der Waals surface area contributed by atoms with Crippen molar-refractivity contribution in [2.75, 3.05) is 39.5 Å². The van der Waals surface area contributed by atoms with Crippen LogP contribution in [0.4, 0.5) is 5.00 Å². The summed E-state index contributed by atoms with van der Waals surface area (Å²) in [5.74, 6) is 1.26. The molecule has 114 valence electrons. The predicted octanol–water partition coefficient (Wildman–Crippen LogP) is 2.00. The molecule has 21 heavy (non-hydrogen) atoms. The van der Waals surface area contributed by atoms with E-state index in [-0.39, 0.29) is 6.04 Å². The highest BCUT2D eigenvalue weighted by Crippen LogP contribution is 2.33. The van der Waals surface area contributed by atoms with Crippen molar-refractivity contribution >= 4 is 16.3 Å². The Morgan fingerprint density at radius 2 is 2.19 bits per heavy atom. The number of aryl methyl sites for hydroxylation is 1. The van der Waals surface area contributed by atoms with E-state index < -0.39 is 0 Å². The van der Waals surface area contributed by atoms with Crippen molar-refractivity contribution in [3.8, 4) is 11.5 Å². The second-order valence-electron chi connectivity index (χ2n) is 5.70. The molecule has 0 aliphatic carbocycles. The summed E-state index contributed by atoms with van der Waals surface area (Å²) in [6, 6.07) is 2.16. The molecule has 1 unspecified atom stereocenters. The standard InChI is InChI=1S/C14H21N5OS/c1-9-7-10(12(15)21-9)14-16-13(17-20-14)11-8-18(2)5-4-6-19(11)3/h7,11H,4-6,8,15H2,1-3H3. The summed E-state index contributed by atoms with van der Waals surface area (Å²) >= 11 is 1.54. The van der Waals surface area contributed by atoms with E-state index in [9.17, 15) is 0 Å². The minimum absolute atomic E-state index is 0.163. The Kier molecular flexibility index (Phi) is 3.97. The fourth-order valence-electron chi connectivity index (χ4n) is 2.73. The van der Waals surface area contributed by atoms with Gasteiger partial charge in [0.25, 0.3) is 5.89 Å². The first-order chi connectivity index (χ1) is 10.0. The number of nitrogen functional groups attached to an aromatic ring is 1. The fourth-order valence-corrected chi connectivity index (χ4v) is 3.51. The van der Waals surface area contributed by atoms with Crippen LogP contribution in [0.5, 0.6) is 0 Å². The Morgan fingerprint density at radius 1 is 1.38 bits per heavy atom. The van der Waals surface area contributed by atoms with Crippen LogP contribution in [0.15, 0.2) is 10.6 Å². The van der Waals surface area contributed by atoms with E-state index in [1.807, 2.05) is 13.0 Å². The molecular formula is C14H21N5OS. The van der Waals surface area contributed by atoms with Gasteiger partial charge < -0.3 is 15.2 Å². The van der Waals surface area contributed by atoms with Crippen LogP contribution in [0.2, 0.25) is 0 Å². The monoisotopic (exact) mass is 307 g/mol. The molecule has 1 aliphatic heterocycles. The molecule has 1 aliphatic rings. The maximum absolute atomic E-state index is 6.01. The summed E-state index contributed by atoms with van der Waals surface area (Å²) in [6.45, 7) is 5.07.